The second-order valence-electron chi connectivity index (χ2n) is 12.9. The van der Waals surface area contributed by atoms with Crippen molar-refractivity contribution in [1.29, 1.82) is 0 Å². The van der Waals surface area contributed by atoms with Crippen molar-refractivity contribution in [3.63, 3.8) is 0 Å². The van der Waals surface area contributed by atoms with Gasteiger partial charge in [-0.25, -0.2) is 0 Å². The molecule has 2 N–H and O–H groups in total. The Kier molecular flexibility index (Phi) is 10.8. The Morgan fingerprint density at radius 3 is 2.30 bits per heavy atom. The standard InChI is InChI=1S/C29H49N5O6/c1-29(2,3)18-24(35)32-12-8-22(9-13-32)34-19-25(36)33-14-10-23(31-21-6-4-5-7-21)27(33)28(38)30-11-15-39-16-17-40-20-26(34)37/h21-23,27,31H,4-20H2,1-3H3,(H,30,38)/t23-,27+/m1/s1. The van der Waals surface area contributed by atoms with Gasteiger partial charge in [0.1, 0.15) is 19.2 Å². The summed E-state index contributed by atoms with van der Waals surface area (Å²) in [4.78, 5) is 58.4. The molecule has 0 unspecified atom stereocenters. The van der Waals surface area contributed by atoms with Crippen LogP contribution in [0.3, 0.4) is 0 Å². The summed E-state index contributed by atoms with van der Waals surface area (Å²) in [5.41, 5.74) is -0.0894. The third kappa shape index (κ3) is 8.39. The van der Waals surface area contributed by atoms with Crippen molar-refractivity contribution in [1.82, 2.24) is 25.3 Å². The smallest absolute Gasteiger partial charge is 0.249 e. The molecule has 0 aromatic carbocycles. The Morgan fingerprint density at radius 2 is 1.60 bits per heavy atom. The van der Waals surface area contributed by atoms with E-state index in [-0.39, 0.29) is 60.9 Å². The summed E-state index contributed by atoms with van der Waals surface area (Å²) in [5, 5.41) is 6.62. The number of hydrogen-bond donors (Lipinski definition) is 2. The van der Waals surface area contributed by atoms with Crippen LogP contribution in [-0.2, 0) is 28.7 Å². The molecule has 3 saturated heterocycles. The minimum atomic E-state index is -0.622. The molecule has 0 aromatic rings. The van der Waals surface area contributed by atoms with Crippen LogP contribution in [0.5, 0.6) is 0 Å². The van der Waals surface area contributed by atoms with Gasteiger partial charge in [-0.05, 0) is 37.5 Å². The third-order valence-corrected chi connectivity index (χ3v) is 8.50. The molecule has 40 heavy (non-hydrogen) atoms. The second kappa shape index (κ2) is 14.1. The Balaban J connectivity index is 1.47. The number of nitrogens with zero attached hydrogens (tertiary/aromatic N) is 3. The highest BCUT2D eigenvalue weighted by molar-refractivity contribution is 5.91. The van der Waals surface area contributed by atoms with Crippen LogP contribution in [0.15, 0.2) is 0 Å². The minimum Gasteiger partial charge on any atom is -0.377 e. The molecule has 1 aliphatic carbocycles. The van der Waals surface area contributed by atoms with E-state index in [0.717, 1.165) is 12.8 Å². The van der Waals surface area contributed by atoms with E-state index >= 15 is 0 Å². The number of fused-ring (bicyclic) bond motifs is 1. The van der Waals surface area contributed by atoms with E-state index in [2.05, 4.69) is 31.4 Å². The number of nitrogens with one attached hydrogen (secondary N) is 2. The maximum Gasteiger partial charge on any atom is 0.249 e. The van der Waals surface area contributed by atoms with E-state index in [1.54, 1.807) is 9.80 Å². The van der Waals surface area contributed by atoms with Gasteiger partial charge in [-0.3, -0.25) is 19.2 Å². The molecule has 1 saturated carbocycles. The predicted molar refractivity (Wildman–Crippen MR) is 149 cm³/mol. The molecule has 4 rings (SSSR count). The number of rotatable bonds is 4. The molecule has 3 heterocycles. The quantitative estimate of drug-likeness (QED) is 0.522. The van der Waals surface area contributed by atoms with Crippen molar-refractivity contribution >= 4 is 23.6 Å². The first-order valence-electron chi connectivity index (χ1n) is 15.2. The molecule has 2 atom stereocenters. The van der Waals surface area contributed by atoms with Crippen molar-refractivity contribution in [2.45, 2.75) is 96.3 Å². The number of hydrogen-bond acceptors (Lipinski definition) is 7. The molecular weight excluding hydrogens is 514 g/mol. The molecule has 0 aromatic heterocycles. The highest BCUT2D eigenvalue weighted by atomic mass is 16.5. The molecule has 11 heteroatoms. The molecule has 4 fully saturated rings. The summed E-state index contributed by atoms with van der Waals surface area (Å²) in [6.45, 7) is 8.75. The molecule has 4 aliphatic rings. The Labute approximate surface area is 238 Å². The fourth-order valence-electron chi connectivity index (χ4n) is 6.43. The summed E-state index contributed by atoms with van der Waals surface area (Å²) in [5.74, 6) is -0.523. The van der Waals surface area contributed by atoms with Crippen molar-refractivity contribution in [3.05, 3.63) is 0 Å². The maximum atomic E-state index is 13.8. The average molecular weight is 564 g/mol. The molecule has 4 amide bonds. The molecule has 0 spiro atoms. The van der Waals surface area contributed by atoms with Crippen molar-refractivity contribution < 1.29 is 28.7 Å². The van der Waals surface area contributed by atoms with E-state index < -0.39 is 6.04 Å². The van der Waals surface area contributed by atoms with Crippen LogP contribution in [0.1, 0.15) is 72.1 Å². The number of likely N-dealkylation sites (tertiary alicyclic amines) is 1. The molecule has 3 aliphatic heterocycles. The van der Waals surface area contributed by atoms with Crippen molar-refractivity contribution in [2.24, 2.45) is 5.41 Å². The fourth-order valence-corrected chi connectivity index (χ4v) is 6.43. The maximum absolute atomic E-state index is 13.8. The lowest BCUT2D eigenvalue weighted by Gasteiger charge is -2.39. The topological polar surface area (TPSA) is 121 Å². The number of piperidine rings is 1. The van der Waals surface area contributed by atoms with Crippen LogP contribution in [0.25, 0.3) is 0 Å². The summed E-state index contributed by atoms with van der Waals surface area (Å²) in [7, 11) is 0. The van der Waals surface area contributed by atoms with Gasteiger partial charge in [0, 0.05) is 50.7 Å². The predicted octanol–water partition coefficient (Wildman–Crippen LogP) is 0.907. The zero-order valence-electron chi connectivity index (χ0n) is 24.6. The van der Waals surface area contributed by atoms with Gasteiger partial charge in [-0.15, -0.1) is 0 Å². The molecule has 0 radical (unpaired) electrons. The van der Waals surface area contributed by atoms with Crippen molar-refractivity contribution in [3.8, 4) is 0 Å². The summed E-state index contributed by atoms with van der Waals surface area (Å²) < 4.78 is 11.2. The summed E-state index contributed by atoms with van der Waals surface area (Å²) in [6.07, 6.45) is 6.92. The van der Waals surface area contributed by atoms with Crippen LogP contribution in [0.4, 0.5) is 0 Å². The van der Waals surface area contributed by atoms with Crippen LogP contribution >= 0.6 is 0 Å². The number of carbonyl (C=O) groups excluding carboxylic acids is 4. The number of amides is 4. The molecule has 226 valence electrons. The van der Waals surface area contributed by atoms with Crippen LogP contribution in [-0.4, -0.2) is 122 Å². The molecule has 11 nitrogen and oxygen atoms in total. The van der Waals surface area contributed by atoms with Gasteiger partial charge < -0.3 is 34.8 Å². The zero-order chi connectivity index (χ0) is 28.7. The van der Waals surface area contributed by atoms with E-state index in [9.17, 15) is 19.2 Å². The zero-order valence-corrected chi connectivity index (χ0v) is 24.6. The van der Waals surface area contributed by atoms with Crippen LogP contribution in [0, 0.1) is 5.41 Å². The van der Waals surface area contributed by atoms with E-state index in [4.69, 9.17) is 9.47 Å². The van der Waals surface area contributed by atoms with E-state index in [0.29, 0.717) is 71.1 Å². The summed E-state index contributed by atoms with van der Waals surface area (Å²) >= 11 is 0. The van der Waals surface area contributed by atoms with Gasteiger partial charge >= 0.3 is 0 Å². The molecular formula is C29H49N5O6. The monoisotopic (exact) mass is 563 g/mol. The van der Waals surface area contributed by atoms with Crippen LogP contribution in [0.2, 0.25) is 0 Å². The van der Waals surface area contributed by atoms with Gasteiger partial charge in [0.05, 0.1) is 19.8 Å². The average Bonchev–Trinajstić information content (AvgIpc) is 3.57. The Morgan fingerprint density at radius 1 is 0.900 bits per heavy atom. The Hall–Kier alpha value is -2.24. The SMILES string of the molecule is CC(C)(C)CC(=O)N1CCC(N2CC(=O)N3CC[C@@H](NC4CCCC4)[C@H]3C(=O)NCCOCCOCC2=O)CC1. The van der Waals surface area contributed by atoms with Gasteiger partial charge in [-0.2, -0.15) is 0 Å². The van der Waals surface area contributed by atoms with Gasteiger partial charge in [0.2, 0.25) is 23.6 Å². The Bertz CT molecular complexity index is 894. The van der Waals surface area contributed by atoms with Gasteiger partial charge in [0.15, 0.2) is 0 Å². The van der Waals surface area contributed by atoms with E-state index in [1.807, 2.05) is 4.90 Å². The molecule has 0 bridgehead atoms. The van der Waals surface area contributed by atoms with Crippen LogP contribution < -0.4 is 10.6 Å². The minimum absolute atomic E-state index is 0.0894. The lowest BCUT2D eigenvalue weighted by Crippen LogP contribution is -2.58. The summed E-state index contributed by atoms with van der Waals surface area (Å²) in [6, 6.07) is -0.543. The second-order valence-corrected chi connectivity index (χ2v) is 12.9. The van der Waals surface area contributed by atoms with E-state index in [1.165, 1.54) is 12.8 Å². The first-order chi connectivity index (χ1) is 19.1. The highest BCUT2D eigenvalue weighted by Crippen LogP contribution is 2.26. The van der Waals surface area contributed by atoms with Gasteiger partial charge in [0.25, 0.3) is 0 Å². The van der Waals surface area contributed by atoms with Gasteiger partial charge in [-0.1, -0.05) is 33.6 Å². The highest BCUT2D eigenvalue weighted by Gasteiger charge is 2.44. The third-order valence-electron chi connectivity index (χ3n) is 8.50. The number of carbonyl (C=O) groups is 4. The van der Waals surface area contributed by atoms with Crippen molar-refractivity contribution in [2.75, 3.05) is 59.2 Å². The normalized spacial score (nSPS) is 27.4. The lowest BCUT2D eigenvalue weighted by atomic mass is 9.91. The number of ether oxygens (including phenoxy) is 2. The fraction of sp³-hybridized carbons (Fsp3) is 0.862. The lowest BCUT2D eigenvalue weighted by molar-refractivity contribution is -0.149. The first kappa shape index (κ1) is 30.7. The first-order valence-corrected chi connectivity index (χ1v) is 15.2. The largest absolute Gasteiger partial charge is 0.377 e.